The molecular weight excluding hydrogens is 337 g/mol. The molecule has 0 bridgehead atoms. The Morgan fingerprint density at radius 1 is 0.654 bits per heavy atom. The Morgan fingerprint density at radius 2 is 1.31 bits per heavy atom. The maximum atomic E-state index is 14.0. The highest BCUT2D eigenvalue weighted by molar-refractivity contribution is 5.83. The first-order chi connectivity index (χ1) is 12.5. The van der Waals surface area contributed by atoms with Crippen molar-refractivity contribution in [3.63, 3.8) is 0 Å². The SMILES string of the molecule is Cc1ccc(-c2ccc(/C=N\N=C/c3ccc(F)c(F)c3)cc2)c(F)c1. The number of hydrogen-bond acceptors (Lipinski definition) is 2. The summed E-state index contributed by atoms with van der Waals surface area (Å²) in [5.74, 6) is -2.10. The van der Waals surface area contributed by atoms with Crippen molar-refractivity contribution < 1.29 is 13.2 Å². The first-order valence-corrected chi connectivity index (χ1v) is 7.91. The summed E-state index contributed by atoms with van der Waals surface area (Å²) >= 11 is 0. The van der Waals surface area contributed by atoms with Gasteiger partial charge in [-0.3, -0.25) is 0 Å². The monoisotopic (exact) mass is 352 g/mol. The van der Waals surface area contributed by atoms with Crippen LogP contribution >= 0.6 is 0 Å². The molecule has 0 amide bonds. The van der Waals surface area contributed by atoms with E-state index in [0.717, 1.165) is 28.8 Å². The van der Waals surface area contributed by atoms with Crippen molar-refractivity contribution in [3.05, 3.63) is 94.8 Å². The Morgan fingerprint density at radius 3 is 1.96 bits per heavy atom. The number of rotatable bonds is 4. The molecule has 3 aromatic carbocycles. The highest BCUT2D eigenvalue weighted by Crippen LogP contribution is 2.23. The average Bonchev–Trinajstić information content (AvgIpc) is 2.62. The molecule has 0 atom stereocenters. The van der Waals surface area contributed by atoms with Crippen LogP contribution in [0.2, 0.25) is 0 Å². The lowest BCUT2D eigenvalue weighted by atomic mass is 10.0. The second-order valence-corrected chi connectivity index (χ2v) is 5.77. The highest BCUT2D eigenvalue weighted by Gasteiger charge is 2.04. The molecule has 3 aromatic rings. The van der Waals surface area contributed by atoms with Crippen LogP contribution in [0.15, 0.2) is 70.9 Å². The van der Waals surface area contributed by atoms with Crippen LogP contribution in [-0.4, -0.2) is 12.4 Å². The number of nitrogens with zero attached hydrogens (tertiary/aromatic N) is 2. The zero-order chi connectivity index (χ0) is 18.5. The fourth-order valence-electron chi connectivity index (χ4n) is 2.40. The van der Waals surface area contributed by atoms with E-state index in [1.54, 1.807) is 30.3 Å². The van der Waals surface area contributed by atoms with E-state index >= 15 is 0 Å². The molecule has 0 aliphatic heterocycles. The van der Waals surface area contributed by atoms with Gasteiger partial charge in [-0.15, -0.1) is 0 Å². The van der Waals surface area contributed by atoms with Gasteiger partial charge >= 0.3 is 0 Å². The maximum Gasteiger partial charge on any atom is 0.159 e. The zero-order valence-electron chi connectivity index (χ0n) is 14.0. The summed E-state index contributed by atoms with van der Waals surface area (Å²) in [5.41, 5.74) is 3.37. The first kappa shape index (κ1) is 17.6. The normalized spacial score (nSPS) is 11.5. The molecule has 130 valence electrons. The second kappa shape index (κ2) is 7.78. The van der Waals surface area contributed by atoms with Crippen LogP contribution in [0.3, 0.4) is 0 Å². The molecule has 26 heavy (non-hydrogen) atoms. The minimum Gasteiger partial charge on any atom is -0.206 e. The van der Waals surface area contributed by atoms with Crippen LogP contribution in [-0.2, 0) is 0 Å². The van der Waals surface area contributed by atoms with E-state index in [2.05, 4.69) is 10.2 Å². The zero-order valence-corrected chi connectivity index (χ0v) is 14.0. The van der Waals surface area contributed by atoms with Gasteiger partial charge in [-0.1, -0.05) is 42.5 Å². The van der Waals surface area contributed by atoms with E-state index < -0.39 is 11.6 Å². The molecule has 0 heterocycles. The van der Waals surface area contributed by atoms with Crippen molar-refractivity contribution >= 4 is 12.4 Å². The van der Waals surface area contributed by atoms with Gasteiger partial charge in [-0.05, 0) is 47.4 Å². The standard InChI is InChI=1S/C21H15F3N2/c1-14-2-8-18(20(23)10-14)17-6-3-15(4-7-17)12-25-26-13-16-5-9-19(22)21(24)11-16/h2-13H,1H3/b25-12-,26-13-. The van der Waals surface area contributed by atoms with E-state index in [1.165, 1.54) is 24.6 Å². The Labute approximate surface area is 149 Å². The van der Waals surface area contributed by atoms with Crippen molar-refractivity contribution in [2.75, 3.05) is 0 Å². The topological polar surface area (TPSA) is 24.7 Å². The Bertz CT molecular complexity index is 977. The summed E-state index contributed by atoms with van der Waals surface area (Å²) in [6, 6.07) is 15.8. The van der Waals surface area contributed by atoms with Crippen LogP contribution < -0.4 is 0 Å². The molecule has 5 heteroatoms. The molecule has 0 saturated carbocycles. The second-order valence-electron chi connectivity index (χ2n) is 5.77. The van der Waals surface area contributed by atoms with Crippen LogP contribution in [0.25, 0.3) is 11.1 Å². The quantitative estimate of drug-likeness (QED) is 0.435. The lowest BCUT2D eigenvalue weighted by molar-refractivity contribution is 0.508. The third-order valence-electron chi connectivity index (χ3n) is 3.77. The third-order valence-corrected chi connectivity index (χ3v) is 3.77. The minimum atomic E-state index is -0.933. The summed E-state index contributed by atoms with van der Waals surface area (Å²) in [6.07, 6.45) is 2.85. The predicted octanol–water partition coefficient (Wildman–Crippen LogP) is 5.53. The molecule has 2 nitrogen and oxygen atoms in total. The van der Waals surface area contributed by atoms with Crippen LogP contribution in [0.1, 0.15) is 16.7 Å². The third kappa shape index (κ3) is 4.25. The number of halogens is 3. The molecule has 0 aromatic heterocycles. The fraction of sp³-hybridized carbons (Fsp3) is 0.0476. The van der Waals surface area contributed by atoms with Gasteiger partial charge < -0.3 is 0 Å². The Balaban J connectivity index is 1.69. The first-order valence-electron chi connectivity index (χ1n) is 7.91. The van der Waals surface area contributed by atoms with E-state index in [-0.39, 0.29) is 5.82 Å². The largest absolute Gasteiger partial charge is 0.206 e. The molecule has 0 unspecified atom stereocenters. The molecular formula is C21H15F3N2. The van der Waals surface area contributed by atoms with Crippen LogP contribution in [0.4, 0.5) is 13.2 Å². The molecule has 0 radical (unpaired) electrons. The van der Waals surface area contributed by atoms with Gasteiger partial charge in [0.1, 0.15) is 5.82 Å². The fourth-order valence-corrected chi connectivity index (χ4v) is 2.40. The van der Waals surface area contributed by atoms with E-state index in [4.69, 9.17) is 0 Å². The summed E-state index contributed by atoms with van der Waals surface area (Å²) in [6.45, 7) is 1.84. The predicted molar refractivity (Wildman–Crippen MR) is 98.1 cm³/mol. The molecule has 0 N–H and O–H groups in total. The number of benzene rings is 3. The van der Waals surface area contributed by atoms with Crippen molar-refractivity contribution in [1.82, 2.24) is 0 Å². The highest BCUT2D eigenvalue weighted by atomic mass is 19.2. The summed E-state index contributed by atoms with van der Waals surface area (Å²) in [7, 11) is 0. The van der Waals surface area contributed by atoms with Gasteiger partial charge in [0.25, 0.3) is 0 Å². The van der Waals surface area contributed by atoms with Crippen LogP contribution in [0, 0.1) is 24.4 Å². The number of hydrogen-bond donors (Lipinski definition) is 0. The van der Waals surface area contributed by atoms with Gasteiger partial charge in [0.15, 0.2) is 11.6 Å². The molecule has 0 saturated heterocycles. The molecule has 0 spiro atoms. The number of aryl methyl sites for hydroxylation is 1. The summed E-state index contributed by atoms with van der Waals surface area (Å²) in [4.78, 5) is 0. The lowest BCUT2D eigenvalue weighted by Gasteiger charge is -2.04. The Hall–Kier alpha value is -3.21. The van der Waals surface area contributed by atoms with Crippen molar-refractivity contribution in [1.29, 1.82) is 0 Å². The van der Waals surface area contributed by atoms with Gasteiger partial charge in [0.05, 0.1) is 12.4 Å². The van der Waals surface area contributed by atoms with Gasteiger partial charge in [0, 0.05) is 5.56 Å². The summed E-state index contributed by atoms with van der Waals surface area (Å²) in [5, 5.41) is 7.68. The van der Waals surface area contributed by atoms with Crippen molar-refractivity contribution in [2.45, 2.75) is 6.92 Å². The van der Waals surface area contributed by atoms with Crippen molar-refractivity contribution in [2.24, 2.45) is 10.2 Å². The van der Waals surface area contributed by atoms with Crippen LogP contribution in [0.5, 0.6) is 0 Å². The van der Waals surface area contributed by atoms with E-state index in [1.807, 2.05) is 13.0 Å². The smallest absolute Gasteiger partial charge is 0.159 e. The average molecular weight is 352 g/mol. The molecule has 0 aliphatic rings. The molecule has 0 fully saturated rings. The lowest BCUT2D eigenvalue weighted by Crippen LogP contribution is -1.88. The molecule has 0 aliphatic carbocycles. The van der Waals surface area contributed by atoms with E-state index in [9.17, 15) is 13.2 Å². The molecule has 3 rings (SSSR count). The van der Waals surface area contributed by atoms with Crippen molar-refractivity contribution in [3.8, 4) is 11.1 Å². The maximum absolute atomic E-state index is 14.0. The minimum absolute atomic E-state index is 0.262. The summed E-state index contributed by atoms with van der Waals surface area (Å²) < 4.78 is 39.9. The van der Waals surface area contributed by atoms with Gasteiger partial charge in [0.2, 0.25) is 0 Å². The van der Waals surface area contributed by atoms with Gasteiger partial charge in [-0.2, -0.15) is 10.2 Å². The van der Waals surface area contributed by atoms with Gasteiger partial charge in [-0.25, -0.2) is 13.2 Å². The van der Waals surface area contributed by atoms with E-state index in [0.29, 0.717) is 11.1 Å². The Kier molecular flexibility index (Phi) is 5.27.